The quantitative estimate of drug-likeness (QED) is 0.423. The van der Waals surface area contributed by atoms with Crippen LogP contribution in [0.4, 0.5) is 5.82 Å². The highest BCUT2D eigenvalue weighted by Crippen LogP contribution is 2.26. The highest BCUT2D eigenvalue weighted by Gasteiger charge is 2.19. The van der Waals surface area contributed by atoms with Crippen LogP contribution in [0, 0.1) is 6.92 Å². The number of ketones is 1. The van der Waals surface area contributed by atoms with Crippen LogP contribution in [0.3, 0.4) is 0 Å². The highest BCUT2D eigenvalue weighted by molar-refractivity contribution is 6.16. The lowest BCUT2D eigenvalue weighted by molar-refractivity contribution is -0.117. The number of rotatable bonds is 7. The molecule has 0 spiro atoms. The Labute approximate surface area is 192 Å². The SMILES string of the molecule is Cc1cc(C(C)C)nn1CC(=O)Nc1cc(C(=O)c2cn(C(C)C)c3ccncc23)ccn1. The topological polar surface area (TPSA) is 94.7 Å². The number of carbonyl (C=O) groups excluding carboxylic acids is 2. The van der Waals surface area contributed by atoms with E-state index < -0.39 is 0 Å². The molecule has 8 heteroatoms. The zero-order valence-electron chi connectivity index (χ0n) is 19.5. The number of amides is 1. The Bertz CT molecular complexity index is 1330. The average molecular weight is 445 g/mol. The molecule has 0 saturated heterocycles. The van der Waals surface area contributed by atoms with Gasteiger partial charge in [-0.15, -0.1) is 0 Å². The van der Waals surface area contributed by atoms with Crippen molar-refractivity contribution < 1.29 is 9.59 Å². The van der Waals surface area contributed by atoms with E-state index in [1.807, 2.05) is 25.3 Å². The minimum atomic E-state index is -0.255. The van der Waals surface area contributed by atoms with Crippen LogP contribution in [0.5, 0.6) is 0 Å². The van der Waals surface area contributed by atoms with Gasteiger partial charge in [-0.05, 0) is 51.0 Å². The van der Waals surface area contributed by atoms with Crippen LogP contribution in [0.25, 0.3) is 10.9 Å². The highest BCUT2D eigenvalue weighted by atomic mass is 16.2. The minimum absolute atomic E-state index is 0.0754. The molecule has 0 bridgehead atoms. The maximum atomic E-state index is 13.3. The molecule has 33 heavy (non-hydrogen) atoms. The molecule has 0 saturated carbocycles. The minimum Gasteiger partial charge on any atom is -0.344 e. The maximum absolute atomic E-state index is 13.3. The van der Waals surface area contributed by atoms with Gasteiger partial charge in [-0.1, -0.05) is 13.8 Å². The monoisotopic (exact) mass is 444 g/mol. The van der Waals surface area contributed by atoms with Gasteiger partial charge in [0.1, 0.15) is 12.4 Å². The van der Waals surface area contributed by atoms with E-state index in [0.717, 1.165) is 22.3 Å². The first-order valence-corrected chi connectivity index (χ1v) is 11.0. The maximum Gasteiger partial charge on any atom is 0.247 e. The van der Waals surface area contributed by atoms with Crippen LogP contribution in [0.2, 0.25) is 0 Å². The van der Waals surface area contributed by atoms with E-state index in [1.54, 1.807) is 29.2 Å². The first kappa shape index (κ1) is 22.4. The fourth-order valence-electron chi connectivity index (χ4n) is 3.80. The zero-order valence-corrected chi connectivity index (χ0v) is 19.5. The lowest BCUT2D eigenvalue weighted by atomic mass is 10.0. The van der Waals surface area contributed by atoms with Gasteiger partial charge in [0.25, 0.3) is 0 Å². The second-order valence-electron chi connectivity index (χ2n) is 8.77. The van der Waals surface area contributed by atoms with Crippen molar-refractivity contribution in [1.82, 2.24) is 24.3 Å². The number of carbonyl (C=O) groups is 2. The lowest BCUT2D eigenvalue weighted by Crippen LogP contribution is -2.21. The van der Waals surface area contributed by atoms with Crippen molar-refractivity contribution in [3.63, 3.8) is 0 Å². The van der Waals surface area contributed by atoms with Crippen molar-refractivity contribution in [2.45, 2.75) is 53.1 Å². The van der Waals surface area contributed by atoms with Crippen LogP contribution in [-0.2, 0) is 11.3 Å². The van der Waals surface area contributed by atoms with E-state index in [2.05, 4.69) is 52.6 Å². The van der Waals surface area contributed by atoms with Gasteiger partial charge in [-0.3, -0.25) is 19.3 Å². The summed E-state index contributed by atoms with van der Waals surface area (Å²) in [6, 6.07) is 7.35. The largest absolute Gasteiger partial charge is 0.344 e. The second kappa shape index (κ2) is 8.97. The van der Waals surface area contributed by atoms with E-state index in [0.29, 0.717) is 16.9 Å². The van der Waals surface area contributed by atoms with Crippen molar-refractivity contribution in [2.75, 3.05) is 5.32 Å². The fourth-order valence-corrected chi connectivity index (χ4v) is 3.80. The van der Waals surface area contributed by atoms with Crippen molar-refractivity contribution in [3.8, 4) is 0 Å². The third-order valence-electron chi connectivity index (χ3n) is 5.61. The van der Waals surface area contributed by atoms with Gasteiger partial charge in [0.15, 0.2) is 5.78 Å². The molecule has 0 unspecified atom stereocenters. The second-order valence-corrected chi connectivity index (χ2v) is 8.77. The lowest BCUT2D eigenvalue weighted by Gasteiger charge is -2.08. The zero-order chi connectivity index (χ0) is 23.7. The molecule has 0 aromatic carbocycles. The predicted octanol–water partition coefficient (Wildman–Crippen LogP) is 4.51. The van der Waals surface area contributed by atoms with Gasteiger partial charge < -0.3 is 9.88 Å². The van der Waals surface area contributed by atoms with E-state index in [-0.39, 0.29) is 30.2 Å². The number of pyridine rings is 2. The van der Waals surface area contributed by atoms with E-state index in [4.69, 9.17) is 0 Å². The van der Waals surface area contributed by atoms with Gasteiger partial charge in [-0.2, -0.15) is 5.10 Å². The smallest absolute Gasteiger partial charge is 0.247 e. The third kappa shape index (κ3) is 4.55. The summed E-state index contributed by atoms with van der Waals surface area (Å²) in [4.78, 5) is 34.4. The van der Waals surface area contributed by atoms with Gasteiger partial charge in [0.05, 0.1) is 11.2 Å². The van der Waals surface area contributed by atoms with Crippen molar-refractivity contribution in [3.05, 3.63) is 71.6 Å². The molecule has 4 heterocycles. The number of fused-ring (bicyclic) bond motifs is 1. The summed E-state index contributed by atoms with van der Waals surface area (Å²) in [5.74, 6) is 0.212. The number of anilines is 1. The molecule has 0 radical (unpaired) electrons. The molecular weight excluding hydrogens is 416 g/mol. The molecule has 0 atom stereocenters. The molecule has 4 aromatic heterocycles. The summed E-state index contributed by atoms with van der Waals surface area (Å²) in [5.41, 5.74) is 3.84. The van der Waals surface area contributed by atoms with Crippen molar-refractivity contribution in [2.24, 2.45) is 0 Å². The molecule has 4 rings (SSSR count). The van der Waals surface area contributed by atoms with Crippen LogP contribution in [0.15, 0.2) is 49.1 Å². The third-order valence-corrected chi connectivity index (χ3v) is 5.61. The summed E-state index contributed by atoms with van der Waals surface area (Å²) in [6.07, 6.45) is 6.83. The Morgan fingerprint density at radius 3 is 2.58 bits per heavy atom. The Morgan fingerprint density at radius 1 is 1.09 bits per heavy atom. The Balaban J connectivity index is 1.55. The standard InChI is InChI=1S/C25H28N6O2/c1-15(2)21-10-17(5)31(29-21)14-24(32)28-23-11-18(6-9-27-23)25(33)20-13-30(16(3)4)22-7-8-26-12-19(20)22/h6-13,15-16H,14H2,1-5H3,(H,27,28,32). The first-order chi connectivity index (χ1) is 15.7. The first-order valence-electron chi connectivity index (χ1n) is 11.0. The van der Waals surface area contributed by atoms with Gasteiger partial charge in [0, 0.05) is 53.0 Å². The molecule has 1 amide bonds. The van der Waals surface area contributed by atoms with E-state index >= 15 is 0 Å². The molecule has 0 aliphatic rings. The van der Waals surface area contributed by atoms with Crippen LogP contribution in [0.1, 0.15) is 67.0 Å². The molecule has 0 aliphatic heterocycles. The molecular formula is C25H28N6O2. The number of nitrogens with one attached hydrogen (secondary N) is 1. The number of hydrogen-bond donors (Lipinski definition) is 1. The summed E-state index contributed by atoms with van der Waals surface area (Å²) < 4.78 is 3.74. The van der Waals surface area contributed by atoms with Gasteiger partial charge in [0.2, 0.25) is 5.91 Å². The predicted molar refractivity (Wildman–Crippen MR) is 127 cm³/mol. The number of hydrogen-bond acceptors (Lipinski definition) is 5. The van der Waals surface area contributed by atoms with Crippen molar-refractivity contribution >= 4 is 28.4 Å². The van der Waals surface area contributed by atoms with Crippen LogP contribution < -0.4 is 5.32 Å². The van der Waals surface area contributed by atoms with E-state index in [9.17, 15) is 9.59 Å². The summed E-state index contributed by atoms with van der Waals surface area (Å²) in [6.45, 7) is 10.3. The van der Waals surface area contributed by atoms with E-state index in [1.165, 1.54) is 6.20 Å². The molecule has 0 aliphatic carbocycles. The summed E-state index contributed by atoms with van der Waals surface area (Å²) in [5, 5.41) is 8.08. The fraction of sp³-hybridized carbons (Fsp3) is 0.320. The normalized spacial score (nSPS) is 11.5. The van der Waals surface area contributed by atoms with Gasteiger partial charge >= 0.3 is 0 Å². The van der Waals surface area contributed by atoms with Crippen LogP contribution in [-0.4, -0.2) is 36.0 Å². The number of aromatic nitrogens is 5. The molecule has 4 aromatic rings. The Hall–Kier alpha value is -3.81. The average Bonchev–Trinajstić information content (AvgIpc) is 3.34. The van der Waals surface area contributed by atoms with Crippen molar-refractivity contribution in [1.29, 1.82) is 0 Å². The molecule has 0 fully saturated rings. The molecule has 1 N–H and O–H groups in total. The Kier molecular flexibility index (Phi) is 6.09. The number of aryl methyl sites for hydroxylation is 1. The molecule has 170 valence electrons. The summed E-state index contributed by atoms with van der Waals surface area (Å²) >= 11 is 0. The van der Waals surface area contributed by atoms with Gasteiger partial charge in [-0.25, -0.2) is 4.98 Å². The number of nitrogens with zero attached hydrogens (tertiary/aromatic N) is 5. The molecule has 8 nitrogen and oxygen atoms in total. The Morgan fingerprint density at radius 2 is 1.88 bits per heavy atom. The summed E-state index contributed by atoms with van der Waals surface area (Å²) in [7, 11) is 0. The van der Waals surface area contributed by atoms with Crippen LogP contribution >= 0.6 is 0 Å².